The number of rotatable bonds is 6. The van der Waals surface area contributed by atoms with Crippen LogP contribution >= 0.6 is 21.6 Å². The summed E-state index contributed by atoms with van der Waals surface area (Å²) in [4.78, 5) is 11.2. The van der Waals surface area contributed by atoms with E-state index in [9.17, 15) is 4.79 Å². The van der Waals surface area contributed by atoms with Crippen LogP contribution in [0.3, 0.4) is 0 Å². The molecule has 1 fully saturated rings. The Kier molecular flexibility index (Phi) is 6.52. The molecule has 1 amide bonds. The number of hydrogen-bond donors (Lipinski definition) is 2. The van der Waals surface area contributed by atoms with Gasteiger partial charge >= 0.3 is 0 Å². The van der Waals surface area contributed by atoms with Gasteiger partial charge in [0.25, 0.3) is 0 Å². The van der Waals surface area contributed by atoms with Crippen LogP contribution in [-0.4, -0.2) is 23.1 Å². The third-order valence-corrected chi connectivity index (χ3v) is 5.30. The van der Waals surface area contributed by atoms with Gasteiger partial charge in [0.2, 0.25) is 5.91 Å². The predicted molar refractivity (Wildman–Crippen MR) is 68.7 cm³/mol. The standard InChI is InChI=1S/C10H20N2OS2/c1-8(11)12-10(13)5-3-2-4-9-6-7-14-15-9/h8-9H,2-7,11H2,1H3,(H,12,13). The summed E-state index contributed by atoms with van der Waals surface area (Å²) in [7, 11) is 3.98. The van der Waals surface area contributed by atoms with Crippen molar-refractivity contribution < 1.29 is 4.79 Å². The lowest BCUT2D eigenvalue weighted by Gasteiger charge is -2.09. The van der Waals surface area contributed by atoms with E-state index < -0.39 is 0 Å². The Balaban J connectivity index is 1.94. The molecule has 2 atom stereocenters. The highest BCUT2D eigenvalue weighted by Crippen LogP contribution is 2.39. The summed E-state index contributed by atoms with van der Waals surface area (Å²) >= 11 is 0. The van der Waals surface area contributed by atoms with Crippen molar-refractivity contribution in [1.82, 2.24) is 5.32 Å². The predicted octanol–water partition coefficient (Wildman–Crippen LogP) is 2.12. The van der Waals surface area contributed by atoms with Crippen molar-refractivity contribution in [3.63, 3.8) is 0 Å². The summed E-state index contributed by atoms with van der Waals surface area (Å²) in [5.41, 5.74) is 5.46. The minimum absolute atomic E-state index is 0.0819. The number of nitrogens with two attached hydrogens (primary N) is 1. The van der Waals surface area contributed by atoms with E-state index in [1.54, 1.807) is 6.92 Å². The zero-order chi connectivity index (χ0) is 11.1. The van der Waals surface area contributed by atoms with Crippen LogP contribution in [0.2, 0.25) is 0 Å². The van der Waals surface area contributed by atoms with Crippen LogP contribution in [0.1, 0.15) is 39.0 Å². The van der Waals surface area contributed by atoms with E-state index in [2.05, 4.69) is 5.32 Å². The third-order valence-electron chi connectivity index (χ3n) is 2.30. The molecule has 0 spiro atoms. The number of unbranched alkanes of at least 4 members (excludes halogenated alkanes) is 1. The second kappa shape index (κ2) is 7.41. The van der Waals surface area contributed by atoms with Crippen molar-refractivity contribution in [2.75, 3.05) is 5.75 Å². The highest BCUT2D eigenvalue weighted by atomic mass is 33.1. The SMILES string of the molecule is CC(N)NC(=O)CCCCC1CCSS1. The van der Waals surface area contributed by atoms with Gasteiger partial charge in [0.15, 0.2) is 0 Å². The van der Waals surface area contributed by atoms with Crippen LogP contribution in [-0.2, 0) is 4.79 Å². The summed E-state index contributed by atoms with van der Waals surface area (Å²) < 4.78 is 0. The molecule has 0 aromatic carbocycles. The molecule has 0 saturated carbocycles. The number of hydrogen-bond acceptors (Lipinski definition) is 4. The molecular weight excluding hydrogens is 228 g/mol. The Morgan fingerprint density at radius 3 is 3.00 bits per heavy atom. The summed E-state index contributed by atoms with van der Waals surface area (Å²) in [5.74, 6) is 1.37. The van der Waals surface area contributed by atoms with Crippen molar-refractivity contribution in [2.24, 2.45) is 5.73 Å². The van der Waals surface area contributed by atoms with E-state index in [0.29, 0.717) is 6.42 Å². The van der Waals surface area contributed by atoms with E-state index in [0.717, 1.165) is 18.1 Å². The first-order valence-corrected chi connectivity index (χ1v) is 7.90. The van der Waals surface area contributed by atoms with Gasteiger partial charge < -0.3 is 11.1 Å². The highest BCUT2D eigenvalue weighted by Gasteiger charge is 2.15. The highest BCUT2D eigenvalue weighted by molar-refractivity contribution is 8.77. The monoisotopic (exact) mass is 248 g/mol. The van der Waals surface area contributed by atoms with Crippen LogP contribution in [0.15, 0.2) is 0 Å². The Morgan fingerprint density at radius 2 is 2.40 bits per heavy atom. The van der Waals surface area contributed by atoms with Gasteiger partial charge in [-0.3, -0.25) is 4.79 Å². The molecule has 1 saturated heterocycles. The molecule has 0 aromatic rings. The van der Waals surface area contributed by atoms with Gasteiger partial charge in [0.05, 0.1) is 6.17 Å². The number of amides is 1. The quantitative estimate of drug-likeness (QED) is 0.429. The number of carbonyl (C=O) groups excluding carboxylic acids is 1. The van der Waals surface area contributed by atoms with Gasteiger partial charge in [-0.2, -0.15) is 0 Å². The lowest BCUT2D eigenvalue weighted by molar-refractivity contribution is -0.121. The van der Waals surface area contributed by atoms with E-state index in [-0.39, 0.29) is 12.1 Å². The molecule has 0 aliphatic carbocycles. The molecule has 1 aliphatic heterocycles. The fourth-order valence-electron chi connectivity index (χ4n) is 1.55. The zero-order valence-corrected chi connectivity index (χ0v) is 10.8. The van der Waals surface area contributed by atoms with Crippen LogP contribution in [0, 0.1) is 0 Å². The second-order valence-electron chi connectivity index (χ2n) is 3.93. The zero-order valence-electron chi connectivity index (χ0n) is 9.20. The molecule has 0 bridgehead atoms. The summed E-state index contributed by atoms with van der Waals surface area (Å²) in [6.45, 7) is 1.78. The minimum atomic E-state index is -0.223. The van der Waals surface area contributed by atoms with E-state index >= 15 is 0 Å². The first-order chi connectivity index (χ1) is 7.18. The Hall–Kier alpha value is 0.130. The largest absolute Gasteiger partial charge is 0.341 e. The topological polar surface area (TPSA) is 55.1 Å². The lowest BCUT2D eigenvalue weighted by Crippen LogP contribution is -2.38. The van der Waals surface area contributed by atoms with Gasteiger partial charge in [-0.1, -0.05) is 28.0 Å². The molecule has 1 heterocycles. The van der Waals surface area contributed by atoms with Crippen LogP contribution in [0.25, 0.3) is 0 Å². The van der Waals surface area contributed by atoms with Gasteiger partial charge in [-0.25, -0.2) is 0 Å². The first-order valence-electron chi connectivity index (χ1n) is 5.51. The van der Waals surface area contributed by atoms with E-state index in [1.165, 1.54) is 18.6 Å². The molecule has 3 N–H and O–H groups in total. The molecule has 2 unspecified atom stereocenters. The molecule has 5 heteroatoms. The maximum absolute atomic E-state index is 11.2. The molecule has 0 aromatic heterocycles. The van der Waals surface area contributed by atoms with E-state index in [4.69, 9.17) is 5.73 Å². The maximum atomic E-state index is 11.2. The molecule has 0 radical (unpaired) electrons. The minimum Gasteiger partial charge on any atom is -0.341 e. The summed E-state index contributed by atoms with van der Waals surface area (Å²) in [6.07, 6.45) is 5.13. The number of nitrogens with one attached hydrogen (secondary N) is 1. The first kappa shape index (κ1) is 13.2. The average Bonchev–Trinajstić information content (AvgIpc) is 2.63. The molecule has 15 heavy (non-hydrogen) atoms. The van der Waals surface area contributed by atoms with Gasteiger partial charge in [0.1, 0.15) is 0 Å². The van der Waals surface area contributed by atoms with Gasteiger partial charge in [-0.05, 0) is 26.2 Å². The molecule has 88 valence electrons. The van der Waals surface area contributed by atoms with Crippen molar-refractivity contribution >= 4 is 27.5 Å². The molecule has 3 nitrogen and oxygen atoms in total. The summed E-state index contributed by atoms with van der Waals surface area (Å²) in [6, 6.07) is 0. The average molecular weight is 248 g/mol. The van der Waals surface area contributed by atoms with Crippen molar-refractivity contribution in [3.05, 3.63) is 0 Å². The second-order valence-corrected chi connectivity index (χ2v) is 6.72. The van der Waals surface area contributed by atoms with Crippen molar-refractivity contribution in [1.29, 1.82) is 0 Å². The van der Waals surface area contributed by atoms with Crippen LogP contribution in [0.4, 0.5) is 0 Å². The molecular formula is C10H20N2OS2. The fourth-order valence-corrected chi connectivity index (χ4v) is 4.58. The molecule has 1 aliphatic rings. The summed E-state index contributed by atoms with van der Waals surface area (Å²) in [5, 5.41) is 3.53. The van der Waals surface area contributed by atoms with Gasteiger partial charge in [0, 0.05) is 17.4 Å². The van der Waals surface area contributed by atoms with Crippen LogP contribution < -0.4 is 11.1 Å². The van der Waals surface area contributed by atoms with Crippen molar-refractivity contribution in [2.45, 2.75) is 50.4 Å². The number of carbonyl (C=O) groups is 1. The van der Waals surface area contributed by atoms with Crippen LogP contribution in [0.5, 0.6) is 0 Å². The third kappa shape index (κ3) is 6.33. The lowest BCUT2D eigenvalue weighted by atomic mass is 10.1. The fraction of sp³-hybridized carbons (Fsp3) is 0.900. The Labute approximate surface area is 99.7 Å². The van der Waals surface area contributed by atoms with E-state index in [1.807, 2.05) is 21.6 Å². The Bertz CT molecular complexity index is 194. The van der Waals surface area contributed by atoms with Gasteiger partial charge in [-0.15, -0.1) is 0 Å². The van der Waals surface area contributed by atoms with Crippen molar-refractivity contribution in [3.8, 4) is 0 Å². The normalized spacial score (nSPS) is 22.7. The Morgan fingerprint density at radius 1 is 1.60 bits per heavy atom. The maximum Gasteiger partial charge on any atom is 0.221 e. The smallest absolute Gasteiger partial charge is 0.221 e. The molecule has 1 rings (SSSR count).